The lowest BCUT2D eigenvalue weighted by atomic mass is 10.1. The van der Waals surface area contributed by atoms with Gasteiger partial charge in [0, 0.05) is 11.1 Å². The third-order valence-corrected chi connectivity index (χ3v) is 3.50. The van der Waals surface area contributed by atoms with Crippen molar-refractivity contribution in [2.24, 2.45) is 0 Å². The fourth-order valence-electron chi connectivity index (χ4n) is 1.48. The van der Waals surface area contributed by atoms with Gasteiger partial charge in [0.15, 0.2) is 0 Å². The number of ether oxygens (including phenoxy) is 1. The number of hydrogen-bond donors (Lipinski definition) is 0. The molecule has 0 fully saturated rings. The molecule has 0 N–H and O–H groups in total. The summed E-state index contributed by atoms with van der Waals surface area (Å²) in [6, 6.07) is 3.50. The summed E-state index contributed by atoms with van der Waals surface area (Å²) >= 11 is 18.4. The standard InChI is InChI=1S/C12H15Cl3O/c1-3-4-5-9(13)8-6-11(15)12(16-2)7-10(8)14/h6-7,9H,3-5H2,1-2H3. The van der Waals surface area contributed by atoms with E-state index in [0.29, 0.717) is 15.8 Å². The lowest BCUT2D eigenvalue weighted by Crippen LogP contribution is -1.94. The monoisotopic (exact) mass is 280 g/mol. The van der Waals surface area contributed by atoms with E-state index in [-0.39, 0.29) is 5.38 Å². The van der Waals surface area contributed by atoms with Crippen LogP contribution in [0.4, 0.5) is 0 Å². The van der Waals surface area contributed by atoms with Crippen LogP contribution in [0.2, 0.25) is 10.0 Å². The van der Waals surface area contributed by atoms with Gasteiger partial charge in [0.25, 0.3) is 0 Å². The first-order chi connectivity index (χ1) is 7.60. The van der Waals surface area contributed by atoms with Crippen LogP contribution in [0.1, 0.15) is 37.1 Å². The highest BCUT2D eigenvalue weighted by Crippen LogP contribution is 2.38. The van der Waals surface area contributed by atoms with Gasteiger partial charge in [0.2, 0.25) is 0 Å². The van der Waals surface area contributed by atoms with Crippen molar-refractivity contribution < 1.29 is 4.74 Å². The molecule has 0 amide bonds. The average Bonchev–Trinajstić information content (AvgIpc) is 2.28. The van der Waals surface area contributed by atoms with Crippen molar-refractivity contribution in [3.05, 3.63) is 27.7 Å². The minimum atomic E-state index is -0.0872. The molecule has 0 aliphatic rings. The van der Waals surface area contributed by atoms with Gasteiger partial charge in [-0.25, -0.2) is 0 Å². The molecule has 1 rings (SSSR count). The van der Waals surface area contributed by atoms with Gasteiger partial charge in [0.05, 0.1) is 17.5 Å². The van der Waals surface area contributed by atoms with Gasteiger partial charge >= 0.3 is 0 Å². The number of hydrogen-bond acceptors (Lipinski definition) is 1. The van der Waals surface area contributed by atoms with Gasteiger partial charge in [-0.1, -0.05) is 43.0 Å². The number of methoxy groups -OCH3 is 1. The van der Waals surface area contributed by atoms with Crippen LogP contribution in [0.5, 0.6) is 5.75 Å². The van der Waals surface area contributed by atoms with Crippen molar-refractivity contribution >= 4 is 34.8 Å². The van der Waals surface area contributed by atoms with Crippen molar-refractivity contribution in [3.8, 4) is 5.75 Å². The molecule has 0 radical (unpaired) electrons. The Morgan fingerprint density at radius 1 is 1.25 bits per heavy atom. The Bertz CT molecular complexity index is 352. The minimum absolute atomic E-state index is 0.0872. The van der Waals surface area contributed by atoms with E-state index in [4.69, 9.17) is 39.5 Å². The lowest BCUT2D eigenvalue weighted by molar-refractivity contribution is 0.415. The Hall–Kier alpha value is -0.110. The highest BCUT2D eigenvalue weighted by atomic mass is 35.5. The van der Waals surface area contributed by atoms with Crippen LogP contribution in [0.15, 0.2) is 12.1 Å². The van der Waals surface area contributed by atoms with Crippen molar-refractivity contribution in [1.82, 2.24) is 0 Å². The molecule has 0 aliphatic heterocycles. The van der Waals surface area contributed by atoms with Gasteiger partial charge in [-0.15, -0.1) is 11.6 Å². The molecule has 0 aromatic heterocycles. The van der Waals surface area contributed by atoms with E-state index >= 15 is 0 Å². The minimum Gasteiger partial charge on any atom is -0.495 e. The first-order valence-electron chi connectivity index (χ1n) is 5.27. The number of rotatable bonds is 5. The summed E-state index contributed by atoms with van der Waals surface area (Å²) in [5.74, 6) is 0.578. The first kappa shape index (κ1) is 14.0. The third kappa shape index (κ3) is 3.44. The molecule has 1 aromatic carbocycles. The summed E-state index contributed by atoms with van der Waals surface area (Å²) in [6.45, 7) is 2.13. The summed E-state index contributed by atoms with van der Waals surface area (Å²) in [7, 11) is 1.56. The molecule has 4 heteroatoms. The van der Waals surface area contributed by atoms with Crippen LogP contribution in [-0.2, 0) is 0 Å². The molecular weight excluding hydrogens is 266 g/mol. The van der Waals surface area contributed by atoms with Crippen molar-refractivity contribution in [1.29, 1.82) is 0 Å². The van der Waals surface area contributed by atoms with E-state index in [9.17, 15) is 0 Å². The molecule has 90 valence electrons. The van der Waals surface area contributed by atoms with Gasteiger partial charge in [-0.3, -0.25) is 0 Å². The third-order valence-electron chi connectivity index (χ3n) is 2.42. The Kier molecular flexibility index (Phi) is 5.74. The Morgan fingerprint density at radius 3 is 2.50 bits per heavy atom. The Morgan fingerprint density at radius 2 is 1.94 bits per heavy atom. The highest BCUT2D eigenvalue weighted by Gasteiger charge is 2.14. The topological polar surface area (TPSA) is 9.23 Å². The van der Waals surface area contributed by atoms with Crippen LogP contribution in [0.3, 0.4) is 0 Å². The fraction of sp³-hybridized carbons (Fsp3) is 0.500. The number of unbranched alkanes of at least 4 members (excludes halogenated alkanes) is 1. The van der Waals surface area contributed by atoms with E-state index in [1.54, 1.807) is 19.2 Å². The maximum Gasteiger partial charge on any atom is 0.138 e. The largest absolute Gasteiger partial charge is 0.495 e. The van der Waals surface area contributed by atoms with Crippen LogP contribution >= 0.6 is 34.8 Å². The maximum atomic E-state index is 6.27. The molecule has 1 nitrogen and oxygen atoms in total. The Balaban J connectivity index is 2.92. The molecule has 16 heavy (non-hydrogen) atoms. The zero-order chi connectivity index (χ0) is 12.1. The molecular formula is C12H15Cl3O. The number of halogens is 3. The van der Waals surface area contributed by atoms with E-state index < -0.39 is 0 Å². The van der Waals surface area contributed by atoms with E-state index in [2.05, 4.69) is 6.92 Å². The summed E-state index contributed by atoms with van der Waals surface area (Å²) in [5, 5.41) is 1.07. The molecule has 1 aromatic rings. The van der Waals surface area contributed by atoms with Crippen molar-refractivity contribution in [2.45, 2.75) is 31.6 Å². The van der Waals surface area contributed by atoms with Crippen LogP contribution < -0.4 is 4.74 Å². The van der Waals surface area contributed by atoms with Gasteiger partial charge in [-0.05, 0) is 18.1 Å². The summed E-state index contributed by atoms with van der Waals surface area (Å²) in [5.41, 5.74) is 0.877. The fourth-order valence-corrected chi connectivity index (χ4v) is 2.40. The number of benzene rings is 1. The molecule has 0 saturated carbocycles. The van der Waals surface area contributed by atoms with E-state index in [0.717, 1.165) is 24.8 Å². The zero-order valence-electron chi connectivity index (χ0n) is 9.40. The first-order valence-corrected chi connectivity index (χ1v) is 6.46. The van der Waals surface area contributed by atoms with E-state index in [1.165, 1.54) is 0 Å². The second kappa shape index (κ2) is 6.58. The summed E-state index contributed by atoms with van der Waals surface area (Å²) in [6.07, 6.45) is 3.10. The lowest BCUT2D eigenvalue weighted by Gasteiger charge is -2.13. The number of alkyl halides is 1. The maximum absolute atomic E-state index is 6.27. The summed E-state index contributed by atoms with van der Waals surface area (Å²) in [4.78, 5) is 0. The smallest absolute Gasteiger partial charge is 0.138 e. The zero-order valence-corrected chi connectivity index (χ0v) is 11.7. The Labute approximate surface area is 112 Å². The SMILES string of the molecule is CCCCC(Cl)c1cc(Cl)c(OC)cc1Cl. The average molecular weight is 282 g/mol. The quantitative estimate of drug-likeness (QED) is 0.650. The van der Waals surface area contributed by atoms with Crippen molar-refractivity contribution in [3.63, 3.8) is 0 Å². The predicted octanol–water partition coefficient (Wildman–Crippen LogP) is 5.47. The van der Waals surface area contributed by atoms with Crippen LogP contribution in [0, 0.1) is 0 Å². The van der Waals surface area contributed by atoms with Crippen LogP contribution in [0.25, 0.3) is 0 Å². The molecule has 1 unspecified atom stereocenters. The second-order valence-electron chi connectivity index (χ2n) is 3.62. The van der Waals surface area contributed by atoms with E-state index in [1.807, 2.05) is 0 Å². The van der Waals surface area contributed by atoms with Crippen molar-refractivity contribution in [2.75, 3.05) is 7.11 Å². The summed E-state index contributed by atoms with van der Waals surface area (Å²) < 4.78 is 5.08. The molecule has 0 aliphatic carbocycles. The van der Waals surface area contributed by atoms with Gasteiger partial charge in [0.1, 0.15) is 5.75 Å². The molecule has 0 heterocycles. The van der Waals surface area contributed by atoms with Gasteiger partial charge < -0.3 is 4.74 Å². The highest BCUT2D eigenvalue weighted by molar-refractivity contribution is 6.35. The molecule has 0 bridgehead atoms. The van der Waals surface area contributed by atoms with Gasteiger partial charge in [-0.2, -0.15) is 0 Å². The van der Waals surface area contributed by atoms with Crippen LogP contribution in [-0.4, -0.2) is 7.11 Å². The second-order valence-corrected chi connectivity index (χ2v) is 4.96. The normalized spacial score (nSPS) is 12.6. The molecule has 0 saturated heterocycles. The molecule has 0 spiro atoms. The predicted molar refractivity (Wildman–Crippen MR) is 71.1 cm³/mol. The molecule has 1 atom stereocenters.